The first kappa shape index (κ1) is 11.3. The van der Waals surface area contributed by atoms with Crippen LogP contribution in [0.25, 0.3) is 0 Å². The molecule has 1 N–H and O–H groups in total. The molecule has 5 heteroatoms. The van der Waals surface area contributed by atoms with Crippen molar-refractivity contribution in [3.63, 3.8) is 0 Å². The van der Waals surface area contributed by atoms with Gasteiger partial charge in [-0.15, -0.1) is 0 Å². The molecule has 1 saturated heterocycles. The normalized spacial score (nSPS) is 50.4. The number of hydrogen-bond donors (Lipinski definition) is 1. The molecule has 0 amide bonds. The summed E-state index contributed by atoms with van der Waals surface area (Å²) in [6, 6.07) is 0. The summed E-state index contributed by atoms with van der Waals surface area (Å²) in [6.45, 7) is 3.75. The smallest absolute Gasteiger partial charge is 0.234 e. The lowest BCUT2D eigenvalue weighted by atomic mass is 9.74. The van der Waals surface area contributed by atoms with Gasteiger partial charge in [0.2, 0.25) is 11.6 Å². The van der Waals surface area contributed by atoms with Gasteiger partial charge in [-0.25, -0.2) is 10.1 Å². The number of ether oxygens (including phenoxy) is 1. The molecule has 5 nitrogen and oxygen atoms in total. The van der Waals surface area contributed by atoms with Crippen molar-refractivity contribution in [3.8, 4) is 0 Å². The highest BCUT2D eigenvalue weighted by atomic mass is 17.3. The molecule has 4 atom stereocenters. The molecule has 88 valence electrons. The Bertz CT molecular complexity index is 246. The van der Waals surface area contributed by atoms with Gasteiger partial charge in [-0.2, -0.15) is 9.78 Å². The molecule has 2 rings (SSSR count). The van der Waals surface area contributed by atoms with E-state index in [1.54, 1.807) is 14.0 Å². The molecular formula is C10H18O5. The average Bonchev–Trinajstić information content (AvgIpc) is 2.28. The van der Waals surface area contributed by atoms with Crippen molar-refractivity contribution < 1.29 is 24.7 Å². The van der Waals surface area contributed by atoms with Crippen LogP contribution in [0.2, 0.25) is 0 Å². The number of methoxy groups -OCH3 is 1. The summed E-state index contributed by atoms with van der Waals surface area (Å²) in [5.41, 5.74) is 0. The quantitative estimate of drug-likeness (QED) is 0.567. The van der Waals surface area contributed by atoms with Crippen molar-refractivity contribution in [1.82, 2.24) is 0 Å². The van der Waals surface area contributed by atoms with Gasteiger partial charge in [0.15, 0.2) is 0 Å². The Hall–Kier alpha value is -0.200. The van der Waals surface area contributed by atoms with Crippen LogP contribution < -0.4 is 0 Å². The van der Waals surface area contributed by atoms with Gasteiger partial charge in [-0.3, -0.25) is 0 Å². The maximum absolute atomic E-state index is 8.84. The van der Waals surface area contributed by atoms with Crippen molar-refractivity contribution in [2.75, 3.05) is 7.11 Å². The van der Waals surface area contributed by atoms with Crippen molar-refractivity contribution in [3.05, 3.63) is 0 Å². The molecule has 2 bridgehead atoms. The number of hydrogen-bond acceptors (Lipinski definition) is 5. The maximum Gasteiger partial charge on any atom is 0.234 e. The minimum absolute atomic E-state index is 0.0902. The van der Waals surface area contributed by atoms with Crippen LogP contribution in [0.4, 0.5) is 0 Å². The van der Waals surface area contributed by atoms with Crippen molar-refractivity contribution in [2.45, 2.75) is 44.7 Å². The average molecular weight is 218 g/mol. The van der Waals surface area contributed by atoms with Crippen LogP contribution >= 0.6 is 0 Å². The molecule has 0 radical (unpaired) electrons. The zero-order chi connectivity index (χ0) is 11.1. The zero-order valence-corrected chi connectivity index (χ0v) is 9.36. The third-order valence-electron chi connectivity index (χ3n) is 3.85. The minimum atomic E-state index is -1.07. The molecule has 1 aliphatic heterocycles. The Morgan fingerprint density at radius 3 is 2.67 bits per heavy atom. The second-order valence-electron chi connectivity index (χ2n) is 4.67. The predicted molar refractivity (Wildman–Crippen MR) is 50.5 cm³/mol. The Kier molecular flexibility index (Phi) is 2.77. The third-order valence-corrected chi connectivity index (χ3v) is 3.85. The summed E-state index contributed by atoms with van der Waals surface area (Å²) in [6.07, 6.45) is 2.59. The molecule has 0 spiro atoms. The molecule has 15 heavy (non-hydrogen) atoms. The Morgan fingerprint density at radius 2 is 2.07 bits per heavy atom. The first-order valence-electron chi connectivity index (χ1n) is 5.31. The molecule has 2 aliphatic rings. The van der Waals surface area contributed by atoms with Crippen LogP contribution in [0.15, 0.2) is 0 Å². The fraction of sp³-hybridized carbons (Fsp3) is 1.00. The van der Waals surface area contributed by atoms with Crippen LogP contribution in [-0.4, -0.2) is 23.9 Å². The Balaban J connectivity index is 2.20. The summed E-state index contributed by atoms with van der Waals surface area (Å²) >= 11 is 0. The van der Waals surface area contributed by atoms with E-state index >= 15 is 0 Å². The van der Waals surface area contributed by atoms with Gasteiger partial charge < -0.3 is 4.74 Å². The standard InChI is InChI=1S/C10H18O5/c1-7-4-5-8-6-10(7,12-3)15-14-9(8,2)13-11/h7-8,11H,4-6H2,1-3H3/t7-,8+,9?,10+/m0/s1. The molecular weight excluding hydrogens is 200 g/mol. The molecule has 1 saturated carbocycles. The summed E-state index contributed by atoms with van der Waals surface area (Å²) < 4.78 is 5.42. The maximum atomic E-state index is 8.84. The second-order valence-corrected chi connectivity index (χ2v) is 4.67. The van der Waals surface area contributed by atoms with E-state index in [0.717, 1.165) is 12.8 Å². The molecule has 1 heterocycles. The lowest BCUT2D eigenvalue weighted by molar-refractivity contribution is -0.587. The van der Waals surface area contributed by atoms with Gasteiger partial charge in [-0.05, 0) is 19.8 Å². The molecule has 1 aliphatic carbocycles. The molecule has 0 aromatic heterocycles. The van der Waals surface area contributed by atoms with Crippen LogP contribution in [0.3, 0.4) is 0 Å². The molecule has 0 aromatic rings. The van der Waals surface area contributed by atoms with Gasteiger partial charge in [-0.1, -0.05) is 6.92 Å². The lowest BCUT2D eigenvalue weighted by Gasteiger charge is -2.51. The van der Waals surface area contributed by atoms with Crippen molar-refractivity contribution in [2.24, 2.45) is 11.8 Å². The van der Waals surface area contributed by atoms with E-state index in [-0.39, 0.29) is 11.8 Å². The second kappa shape index (κ2) is 3.68. The highest BCUT2D eigenvalue weighted by molar-refractivity contribution is 4.92. The van der Waals surface area contributed by atoms with Gasteiger partial charge in [0.05, 0.1) is 0 Å². The largest absolute Gasteiger partial charge is 0.350 e. The highest BCUT2D eigenvalue weighted by Crippen LogP contribution is 2.49. The third kappa shape index (κ3) is 1.59. The lowest BCUT2D eigenvalue weighted by Crippen LogP contribution is -2.58. The van der Waals surface area contributed by atoms with E-state index < -0.39 is 11.6 Å². The molecule has 2 fully saturated rings. The fourth-order valence-corrected chi connectivity index (χ4v) is 2.51. The summed E-state index contributed by atoms with van der Waals surface area (Å²) in [7, 11) is 1.62. The van der Waals surface area contributed by atoms with Crippen LogP contribution in [0, 0.1) is 11.8 Å². The minimum Gasteiger partial charge on any atom is -0.350 e. The van der Waals surface area contributed by atoms with E-state index in [1.165, 1.54) is 0 Å². The van der Waals surface area contributed by atoms with Gasteiger partial charge in [0.1, 0.15) is 0 Å². The summed E-state index contributed by atoms with van der Waals surface area (Å²) in [4.78, 5) is 14.8. The van der Waals surface area contributed by atoms with Gasteiger partial charge >= 0.3 is 0 Å². The Morgan fingerprint density at radius 1 is 1.33 bits per heavy atom. The van der Waals surface area contributed by atoms with Gasteiger partial charge in [0.25, 0.3) is 0 Å². The van der Waals surface area contributed by atoms with Crippen LogP contribution in [0.1, 0.15) is 33.1 Å². The summed E-state index contributed by atoms with van der Waals surface area (Å²) in [5, 5.41) is 8.84. The SMILES string of the molecule is CO[C@@]12C[C@@H](CC[C@@H]1C)C(C)(OO)OO2. The van der Waals surface area contributed by atoms with Crippen molar-refractivity contribution >= 4 is 0 Å². The molecule has 1 unspecified atom stereocenters. The van der Waals surface area contributed by atoms with Gasteiger partial charge in [0, 0.05) is 25.4 Å². The topological polar surface area (TPSA) is 57.2 Å². The first-order chi connectivity index (χ1) is 7.06. The molecule has 0 aromatic carbocycles. The summed E-state index contributed by atoms with van der Waals surface area (Å²) in [5.74, 6) is -1.38. The van der Waals surface area contributed by atoms with E-state index in [9.17, 15) is 0 Å². The van der Waals surface area contributed by atoms with Crippen LogP contribution in [0.5, 0.6) is 0 Å². The van der Waals surface area contributed by atoms with E-state index in [0.29, 0.717) is 6.42 Å². The number of rotatable bonds is 2. The van der Waals surface area contributed by atoms with E-state index in [2.05, 4.69) is 11.8 Å². The highest BCUT2D eigenvalue weighted by Gasteiger charge is 2.56. The monoisotopic (exact) mass is 218 g/mol. The first-order valence-corrected chi connectivity index (χ1v) is 5.31. The fourth-order valence-electron chi connectivity index (χ4n) is 2.51. The van der Waals surface area contributed by atoms with E-state index in [1.807, 2.05) is 0 Å². The van der Waals surface area contributed by atoms with Crippen molar-refractivity contribution in [1.29, 1.82) is 0 Å². The predicted octanol–water partition coefficient (Wildman–Crippen LogP) is 1.93. The number of fused-ring (bicyclic) bond motifs is 2. The Labute approximate surface area is 89.1 Å². The zero-order valence-electron chi connectivity index (χ0n) is 9.36. The van der Waals surface area contributed by atoms with Crippen LogP contribution in [-0.2, 0) is 19.4 Å². The van der Waals surface area contributed by atoms with E-state index in [4.69, 9.17) is 19.8 Å².